The average Bonchev–Trinajstić information content (AvgIpc) is 2.51. The van der Waals surface area contributed by atoms with Crippen LogP contribution in [0.2, 0.25) is 0 Å². The third kappa shape index (κ3) is 1.56. The van der Waals surface area contributed by atoms with Gasteiger partial charge in [0.25, 0.3) is 5.56 Å². The number of hydrogen-bond donors (Lipinski definition) is 2. The number of rotatable bonds is 1. The molecule has 2 N–H and O–H groups in total. The van der Waals surface area contributed by atoms with E-state index in [1.54, 1.807) is 12.1 Å². The van der Waals surface area contributed by atoms with Crippen molar-refractivity contribution in [1.29, 1.82) is 0 Å². The third-order valence-corrected chi connectivity index (χ3v) is 2.08. The average molecular weight is 257 g/mol. The van der Waals surface area contributed by atoms with Crippen LogP contribution in [0.15, 0.2) is 37.0 Å². The lowest BCUT2D eigenvalue weighted by Crippen LogP contribution is -2.22. The van der Waals surface area contributed by atoms with Gasteiger partial charge >= 0.3 is 5.69 Å². The van der Waals surface area contributed by atoms with Gasteiger partial charge in [-0.25, -0.2) is 4.79 Å². The van der Waals surface area contributed by atoms with Gasteiger partial charge in [-0.3, -0.25) is 9.78 Å². The second-order valence-corrected chi connectivity index (χ2v) is 3.37. The van der Waals surface area contributed by atoms with Crippen LogP contribution in [-0.2, 0) is 0 Å². The van der Waals surface area contributed by atoms with E-state index in [9.17, 15) is 9.59 Å². The van der Waals surface area contributed by atoms with Crippen molar-refractivity contribution < 1.29 is 4.42 Å². The van der Waals surface area contributed by atoms with Crippen molar-refractivity contribution >= 4 is 15.9 Å². The number of nitrogens with one attached hydrogen (secondary N) is 2. The highest BCUT2D eigenvalue weighted by Gasteiger charge is 2.07. The largest absolute Gasteiger partial charge is 0.449 e. The maximum Gasteiger partial charge on any atom is 0.325 e. The number of aromatic amines is 2. The van der Waals surface area contributed by atoms with Crippen molar-refractivity contribution in [2.45, 2.75) is 0 Å². The lowest BCUT2D eigenvalue weighted by atomic mass is 10.3. The van der Waals surface area contributed by atoms with Crippen LogP contribution in [0.1, 0.15) is 0 Å². The van der Waals surface area contributed by atoms with Crippen molar-refractivity contribution in [1.82, 2.24) is 9.97 Å². The van der Waals surface area contributed by atoms with Gasteiger partial charge in [0.05, 0.1) is 5.56 Å². The fraction of sp³-hybridized carbons (Fsp3) is 0. The number of halogens is 1. The van der Waals surface area contributed by atoms with Gasteiger partial charge in [-0.05, 0) is 28.1 Å². The Balaban J connectivity index is 2.63. The molecule has 0 fully saturated rings. The highest BCUT2D eigenvalue weighted by atomic mass is 79.9. The van der Waals surface area contributed by atoms with Crippen molar-refractivity contribution in [3.63, 3.8) is 0 Å². The molecule has 0 atom stereocenters. The Hall–Kier alpha value is -1.56. The zero-order chi connectivity index (χ0) is 10.1. The summed E-state index contributed by atoms with van der Waals surface area (Å²) in [5, 5.41) is 0. The number of hydrogen-bond acceptors (Lipinski definition) is 3. The molecule has 72 valence electrons. The first-order chi connectivity index (χ1) is 6.66. The maximum absolute atomic E-state index is 11.3. The van der Waals surface area contributed by atoms with E-state index in [0.717, 1.165) is 0 Å². The number of furan rings is 1. The molecule has 0 bridgehead atoms. The van der Waals surface area contributed by atoms with Crippen molar-refractivity contribution in [3.8, 4) is 11.3 Å². The minimum Gasteiger partial charge on any atom is -0.449 e. The molecule has 14 heavy (non-hydrogen) atoms. The Labute approximate surface area is 85.9 Å². The Bertz CT molecular complexity index is 566. The minimum atomic E-state index is -0.538. The van der Waals surface area contributed by atoms with Crippen molar-refractivity contribution in [2.75, 3.05) is 0 Å². The first-order valence-corrected chi connectivity index (χ1v) is 4.54. The fourth-order valence-electron chi connectivity index (χ4n) is 1.05. The molecule has 2 aromatic rings. The molecule has 2 heterocycles. The van der Waals surface area contributed by atoms with Crippen LogP contribution in [0.5, 0.6) is 0 Å². The Morgan fingerprint density at radius 3 is 2.64 bits per heavy atom. The van der Waals surface area contributed by atoms with Crippen LogP contribution in [0.25, 0.3) is 11.3 Å². The van der Waals surface area contributed by atoms with Gasteiger partial charge in [0.1, 0.15) is 5.76 Å². The minimum absolute atomic E-state index is 0.287. The van der Waals surface area contributed by atoms with E-state index in [4.69, 9.17) is 4.42 Å². The third-order valence-electron chi connectivity index (χ3n) is 1.66. The molecule has 6 heteroatoms. The van der Waals surface area contributed by atoms with Gasteiger partial charge in [-0.1, -0.05) is 0 Å². The Morgan fingerprint density at radius 1 is 1.29 bits per heavy atom. The summed E-state index contributed by atoms with van der Waals surface area (Å²) >= 11 is 3.12. The molecule has 0 aliphatic rings. The molecule has 0 spiro atoms. The summed E-state index contributed by atoms with van der Waals surface area (Å²) in [7, 11) is 0. The molecule has 0 aliphatic carbocycles. The number of H-pyrrole nitrogens is 2. The molecule has 0 saturated carbocycles. The summed E-state index contributed by atoms with van der Waals surface area (Å²) in [5.41, 5.74) is -0.727. The quantitative estimate of drug-likeness (QED) is 0.802. The van der Waals surface area contributed by atoms with E-state index in [1.807, 2.05) is 0 Å². The normalized spacial score (nSPS) is 10.4. The topological polar surface area (TPSA) is 78.9 Å². The van der Waals surface area contributed by atoms with Gasteiger partial charge in [0.2, 0.25) is 0 Å². The Kier molecular flexibility index (Phi) is 2.12. The van der Waals surface area contributed by atoms with E-state index in [1.165, 1.54) is 6.20 Å². The lowest BCUT2D eigenvalue weighted by molar-refractivity contribution is 0.554. The van der Waals surface area contributed by atoms with E-state index in [-0.39, 0.29) is 5.56 Å². The standard InChI is InChI=1S/C8H5BrN2O3/c9-6-2-1-5(14-6)4-3-10-8(13)11-7(4)12/h1-3H,(H2,10,11,12,13). The molecular formula is C8H5BrN2O3. The summed E-state index contributed by atoms with van der Waals surface area (Å²) in [5.74, 6) is 0.398. The lowest BCUT2D eigenvalue weighted by Gasteiger charge is -1.92. The molecule has 2 rings (SSSR count). The summed E-state index contributed by atoms with van der Waals surface area (Å²) in [6, 6.07) is 3.30. The highest BCUT2D eigenvalue weighted by molar-refractivity contribution is 9.10. The summed E-state index contributed by atoms with van der Waals surface area (Å²) in [4.78, 5) is 26.5. The predicted octanol–water partition coefficient (Wildman–Crippen LogP) is 1.09. The van der Waals surface area contributed by atoms with Gasteiger partial charge in [-0.15, -0.1) is 0 Å². The maximum atomic E-state index is 11.3. The molecule has 0 radical (unpaired) electrons. The molecule has 0 aliphatic heterocycles. The molecular weight excluding hydrogens is 252 g/mol. The molecule has 0 aromatic carbocycles. The first-order valence-electron chi connectivity index (χ1n) is 3.74. The van der Waals surface area contributed by atoms with Gasteiger partial charge in [0.15, 0.2) is 4.67 Å². The molecule has 2 aromatic heterocycles. The van der Waals surface area contributed by atoms with Gasteiger partial charge < -0.3 is 9.40 Å². The van der Waals surface area contributed by atoms with Crippen LogP contribution in [-0.4, -0.2) is 9.97 Å². The van der Waals surface area contributed by atoms with Crippen LogP contribution in [0.3, 0.4) is 0 Å². The van der Waals surface area contributed by atoms with Crippen LogP contribution < -0.4 is 11.2 Å². The van der Waals surface area contributed by atoms with E-state index in [2.05, 4.69) is 25.9 Å². The summed E-state index contributed by atoms with van der Waals surface area (Å²) < 4.78 is 5.69. The van der Waals surface area contributed by atoms with Crippen LogP contribution >= 0.6 is 15.9 Å². The second kappa shape index (κ2) is 3.30. The number of aromatic nitrogens is 2. The predicted molar refractivity (Wildman–Crippen MR) is 53.1 cm³/mol. The molecule has 0 unspecified atom stereocenters. The summed E-state index contributed by atoms with van der Waals surface area (Å²) in [6.07, 6.45) is 1.31. The molecule has 0 saturated heterocycles. The second-order valence-electron chi connectivity index (χ2n) is 2.59. The van der Waals surface area contributed by atoms with Gasteiger partial charge in [0, 0.05) is 6.20 Å². The van der Waals surface area contributed by atoms with E-state index >= 15 is 0 Å². The van der Waals surface area contributed by atoms with Crippen LogP contribution in [0.4, 0.5) is 0 Å². The summed E-state index contributed by atoms with van der Waals surface area (Å²) in [6.45, 7) is 0. The van der Waals surface area contributed by atoms with Crippen LogP contribution in [0, 0.1) is 0 Å². The van der Waals surface area contributed by atoms with Crippen molar-refractivity contribution in [2.24, 2.45) is 0 Å². The monoisotopic (exact) mass is 256 g/mol. The first kappa shape index (κ1) is 9.01. The van der Waals surface area contributed by atoms with Crippen molar-refractivity contribution in [3.05, 3.63) is 43.8 Å². The molecule has 0 amide bonds. The smallest absolute Gasteiger partial charge is 0.325 e. The highest BCUT2D eigenvalue weighted by Crippen LogP contribution is 2.21. The zero-order valence-electron chi connectivity index (χ0n) is 6.83. The Morgan fingerprint density at radius 2 is 2.07 bits per heavy atom. The molecule has 5 nitrogen and oxygen atoms in total. The zero-order valence-corrected chi connectivity index (χ0v) is 8.42. The van der Waals surface area contributed by atoms with Gasteiger partial charge in [-0.2, -0.15) is 0 Å². The van der Waals surface area contributed by atoms with E-state index in [0.29, 0.717) is 10.4 Å². The fourth-order valence-corrected chi connectivity index (χ4v) is 1.36. The van der Waals surface area contributed by atoms with E-state index < -0.39 is 11.2 Å². The SMILES string of the molecule is O=c1[nH]cc(-c2ccc(Br)o2)c(=O)[nH]1.